The van der Waals surface area contributed by atoms with Crippen molar-refractivity contribution >= 4 is 10.0 Å². The highest BCUT2D eigenvalue weighted by molar-refractivity contribution is 7.88. The molecule has 0 aliphatic rings. The van der Waals surface area contributed by atoms with E-state index in [2.05, 4.69) is 9.71 Å². The fraction of sp³-hybridized carbons (Fsp3) is 0.500. The van der Waals surface area contributed by atoms with Gasteiger partial charge >= 0.3 is 0 Å². The summed E-state index contributed by atoms with van der Waals surface area (Å²) in [5.74, 6) is 0. The molecule has 0 spiro atoms. The van der Waals surface area contributed by atoms with Gasteiger partial charge in [-0.05, 0) is 24.5 Å². The maximum Gasteiger partial charge on any atom is 0.208 e. The first-order valence-corrected chi connectivity index (χ1v) is 6.03. The molecule has 0 aliphatic heterocycles. The number of hydrogen-bond donors (Lipinski definition) is 2. The third-order valence-electron chi connectivity index (χ3n) is 1.67. The van der Waals surface area contributed by atoms with Gasteiger partial charge in [-0.3, -0.25) is 0 Å². The number of hydrogen-bond acceptors (Lipinski definition) is 2. The summed E-state index contributed by atoms with van der Waals surface area (Å²) in [5.41, 5.74) is 1.20. The number of aromatic nitrogens is 1. The Morgan fingerprint density at radius 1 is 1.54 bits per heavy atom. The summed E-state index contributed by atoms with van der Waals surface area (Å²) < 4.78 is 23.8. The molecule has 0 bridgehead atoms. The van der Waals surface area contributed by atoms with Gasteiger partial charge in [0.25, 0.3) is 0 Å². The van der Waals surface area contributed by atoms with E-state index in [1.807, 2.05) is 18.5 Å². The van der Waals surface area contributed by atoms with Crippen molar-refractivity contribution in [2.24, 2.45) is 0 Å². The molecule has 0 unspecified atom stereocenters. The van der Waals surface area contributed by atoms with Gasteiger partial charge in [-0.1, -0.05) is 0 Å². The van der Waals surface area contributed by atoms with Crippen molar-refractivity contribution in [3.63, 3.8) is 0 Å². The molecule has 0 aliphatic carbocycles. The second kappa shape index (κ2) is 4.43. The topological polar surface area (TPSA) is 62.0 Å². The summed E-state index contributed by atoms with van der Waals surface area (Å²) in [6.45, 7) is 0.504. The zero-order valence-electron chi connectivity index (χ0n) is 7.58. The first kappa shape index (κ1) is 10.3. The van der Waals surface area contributed by atoms with Crippen LogP contribution in [0.25, 0.3) is 0 Å². The molecule has 0 aromatic carbocycles. The van der Waals surface area contributed by atoms with E-state index in [0.29, 0.717) is 6.54 Å². The van der Waals surface area contributed by atoms with Gasteiger partial charge in [0.2, 0.25) is 10.0 Å². The highest BCUT2D eigenvalue weighted by Gasteiger charge is 1.99. The van der Waals surface area contributed by atoms with Gasteiger partial charge < -0.3 is 4.98 Å². The van der Waals surface area contributed by atoms with Crippen LogP contribution in [0.3, 0.4) is 0 Å². The van der Waals surface area contributed by atoms with Gasteiger partial charge in [0.1, 0.15) is 0 Å². The van der Waals surface area contributed by atoms with Gasteiger partial charge in [0.15, 0.2) is 0 Å². The molecule has 1 aromatic heterocycles. The van der Waals surface area contributed by atoms with Gasteiger partial charge in [-0.15, -0.1) is 0 Å². The molecule has 5 heteroatoms. The van der Waals surface area contributed by atoms with E-state index in [9.17, 15) is 8.42 Å². The lowest BCUT2D eigenvalue weighted by Crippen LogP contribution is -2.23. The quantitative estimate of drug-likeness (QED) is 0.683. The highest BCUT2D eigenvalue weighted by Crippen LogP contribution is 1.99. The predicted octanol–water partition coefficient (Wildman–Crippen LogP) is 0.496. The molecule has 74 valence electrons. The highest BCUT2D eigenvalue weighted by atomic mass is 32.2. The van der Waals surface area contributed by atoms with E-state index in [1.165, 1.54) is 11.8 Å². The molecule has 4 nitrogen and oxygen atoms in total. The van der Waals surface area contributed by atoms with Gasteiger partial charge in [0.05, 0.1) is 6.26 Å². The smallest absolute Gasteiger partial charge is 0.208 e. The number of H-pyrrole nitrogens is 1. The first-order chi connectivity index (χ1) is 6.08. The van der Waals surface area contributed by atoms with Crippen LogP contribution in [-0.2, 0) is 16.4 Å². The molecule has 1 aromatic rings. The van der Waals surface area contributed by atoms with E-state index in [4.69, 9.17) is 0 Å². The summed E-state index contributed by atoms with van der Waals surface area (Å²) in [4.78, 5) is 2.95. The Morgan fingerprint density at radius 2 is 2.31 bits per heavy atom. The van der Waals surface area contributed by atoms with Crippen LogP contribution in [-0.4, -0.2) is 26.2 Å². The molecule has 0 amide bonds. The molecule has 1 heterocycles. The van der Waals surface area contributed by atoms with E-state index in [1.54, 1.807) is 0 Å². The van der Waals surface area contributed by atoms with Crippen molar-refractivity contribution in [3.8, 4) is 0 Å². The number of rotatable bonds is 5. The van der Waals surface area contributed by atoms with E-state index >= 15 is 0 Å². The standard InChI is InChI=1S/C8H14N2O2S/c1-13(11,12)10-5-2-3-8-4-6-9-7-8/h4,6-7,9-10H,2-3,5H2,1H3. The van der Waals surface area contributed by atoms with E-state index in [0.717, 1.165) is 12.8 Å². The molecule has 13 heavy (non-hydrogen) atoms. The van der Waals surface area contributed by atoms with Crippen LogP contribution in [0.4, 0.5) is 0 Å². The van der Waals surface area contributed by atoms with Crippen molar-refractivity contribution in [1.82, 2.24) is 9.71 Å². The maximum atomic E-state index is 10.7. The van der Waals surface area contributed by atoms with Gasteiger partial charge in [-0.25, -0.2) is 13.1 Å². The molecule has 0 fully saturated rings. The predicted molar refractivity (Wildman–Crippen MR) is 52.0 cm³/mol. The minimum absolute atomic E-state index is 0.504. The minimum Gasteiger partial charge on any atom is -0.367 e. The Kier molecular flexibility index (Phi) is 3.50. The zero-order valence-corrected chi connectivity index (χ0v) is 8.39. The fourth-order valence-corrected chi connectivity index (χ4v) is 1.58. The fourth-order valence-electron chi connectivity index (χ4n) is 1.06. The second-order valence-corrected chi connectivity index (χ2v) is 4.82. The number of aromatic amines is 1. The summed E-state index contributed by atoms with van der Waals surface area (Å²) >= 11 is 0. The molecule has 0 saturated heterocycles. The van der Waals surface area contributed by atoms with Crippen molar-refractivity contribution in [2.45, 2.75) is 12.8 Å². The third kappa shape index (κ3) is 4.69. The molecular weight excluding hydrogens is 188 g/mol. The monoisotopic (exact) mass is 202 g/mol. The Labute approximate surface area is 78.4 Å². The second-order valence-electron chi connectivity index (χ2n) is 2.99. The maximum absolute atomic E-state index is 10.7. The van der Waals surface area contributed by atoms with Crippen molar-refractivity contribution in [2.75, 3.05) is 12.8 Å². The largest absolute Gasteiger partial charge is 0.367 e. The first-order valence-electron chi connectivity index (χ1n) is 4.14. The molecule has 0 radical (unpaired) electrons. The van der Waals surface area contributed by atoms with Crippen LogP contribution in [0.1, 0.15) is 12.0 Å². The van der Waals surface area contributed by atoms with Crippen LogP contribution in [0.15, 0.2) is 18.5 Å². The van der Waals surface area contributed by atoms with Crippen LogP contribution in [0.5, 0.6) is 0 Å². The molecule has 0 atom stereocenters. The third-order valence-corrected chi connectivity index (χ3v) is 2.40. The Bertz CT molecular complexity index is 329. The summed E-state index contributed by atoms with van der Waals surface area (Å²) in [5, 5.41) is 0. The average molecular weight is 202 g/mol. The summed E-state index contributed by atoms with van der Waals surface area (Å²) in [6.07, 6.45) is 6.67. The lowest BCUT2D eigenvalue weighted by atomic mass is 10.2. The van der Waals surface area contributed by atoms with Gasteiger partial charge in [-0.2, -0.15) is 0 Å². The van der Waals surface area contributed by atoms with Crippen LogP contribution in [0, 0.1) is 0 Å². The van der Waals surface area contributed by atoms with Crippen LogP contribution in [0.2, 0.25) is 0 Å². The van der Waals surface area contributed by atoms with Crippen LogP contribution < -0.4 is 4.72 Å². The summed E-state index contributed by atoms with van der Waals surface area (Å²) in [6, 6.07) is 1.99. The molecule has 2 N–H and O–H groups in total. The van der Waals surface area contributed by atoms with Crippen molar-refractivity contribution in [3.05, 3.63) is 24.0 Å². The SMILES string of the molecule is CS(=O)(=O)NCCCc1cc[nH]c1. The Hall–Kier alpha value is -0.810. The summed E-state index contributed by atoms with van der Waals surface area (Å²) in [7, 11) is -3.02. The number of sulfonamides is 1. The number of nitrogens with one attached hydrogen (secondary N) is 2. The minimum atomic E-state index is -3.02. The van der Waals surface area contributed by atoms with Crippen molar-refractivity contribution < 1.29 is 8.42 Å². The Morgan fingerprint density at radius 3 is 2.85 bits per heavy atom. The molecule has 0 saturated carbocycles. The Balaban J connectivity index is 2.16. The van der Waals surface area contributed by atoms with E-state index < -0.39 is 10.0 Å². The van der Waals surface area contributed by atoms with Crippen molar-refractivity contribution in [1.29, 1.82) is 0 Å². The molecular formula is C8H14N2O2S. The van der Waals surface area contributed by atoms with Gasteiger partial charge in [0, 0.05) is 18.9 Å². The number of aryl methyl sites for hydroxylation is 1. The zero-order chi connectivity index (χ0) is 9.73. The molecule has 1 rings (SSSR count). The van der Waals surface area contributed by atoms with E-state index in [-0.39, 0.29) is 0 Å². The lowest BCUT2D eigenvalue weighted by molar-refractivity contribution is 0.585. The average Bonchev–Trinajstić information content (AvgIpc) is 2.48. The lowest BCUT2D eigenvalue weighted by Gasteiger charge is -2.00. The normalized spacial score (nSPS) is 11.8. The van der Waals surface area contributed by atoms with Crippen LogP contribution >= 0.6 is 0 Å².